The number of aliphatic hydroxyl groups is 10. The number of rotatable bonds is 58. The lowest BCUT2D eigenvalue weighted by molar-refractivity contribution is -0.360. The lowest BCUT2D eigenvalue weighted by atomic mass is 9.84. The second-order valence-corrected chi connectivity index (χ2v) is 28.5. The van der Waals surface area contributed by atoms with Crippen molar-refractivity contribution < 1.29 is 117 Å². The van der Waals surface area contributed by atoms with Gasteiger partial charge in [0.15, 0.2) is 18.7 Å². The predicted octanol–water partition coefficient (Wildman–Crippen LogP) is 10.1. The molecule has 97 heavy (non-hydrogen) atoms. The van der Waals surface area contributed by atoms with E-state index in [0.29, 0.717) is 12.8 Å². The molecule has 25 heteroatoms. The summed E-state index contributed by atoms with van der Waals surface area (Å²) in [5.41, 5.74) is 0. The minimum Gasteiger partial charge on any atom is -0.463 e. The third-order valence-electron chi connectivity index (χ3n) is 18.6. The molecule has 3 fully saturated rings. The maximum Gasteiger partial charge on any atom is 0.472 e. The Bertz CT molecular complexity index is 2110. The molecule has 0 aromatic heterocycles. The maximum atomic E-state index is 14.3. The minimum atomic E-state index is -5.71. The zero-order chi connectivity index (χ0) is 71.1. The number of unbranched alkanes of at least 4 members (excludes halogenated alkanes) is 36. The molecule has 0 amide bonds. The van der Waals surface area contributed by atoms with Crippen LogP contribution in [0.2, 0.25) is 0 Å². The van der Waals surface area contributed by atoms with Crippen LogP contribution in [0.25, 0.3) is 0 Å². The van der Waals surface area contributed by atoms with Crippen molar-refractivity contribution in [3.8, 4) is 0 Å². The first-order chi connectivity index (χ1) is 46.8. The first-order valence-electron chi connectivity index (χ1n) is 37.7. The summed E-state index contributed by atoms with van der Waals surface area (Å²) in [7, 11) is -5.71. The fourth-order valence-electron chi connectivity index (χ4n) is 12.4. The number of carbonyl (C=O) groups is 3. The van der Waals surface area contributed by atoms with Crippen molar-refractivity contribution in [2.24, 2.45) is 0 Å². The number of allylic oxidation sites excluding steroid dienone is 3. The highest BCUT2D eigenvalue weighted by Crippen LogP contribution is 2.49. The number of carbonyl (C=O) groups excluding carboxylic acids is 3. The Balaban J connectivity index is 1.74. The van der Waals surface area contributed by atoms with Crippen LogP contribution >= 0.6 is 7.82 Å². The third-order valence-corrected chi connectivity index (χ3v) is 19.6. The van der Waals surface area contributed by atoms with Gasteiger partial charge in [-0.15, -0.1) is 0 Å². The first-order valence-corrected chi connectivity index (χ1v) is 39.2. The zero-order valence-electron chi connectivity index (χ0n) is 59.1. The first kappa shape index (κ1) is 88.7. The summed E-state index contributed by atoms with van der Waals surface area (Å²) in [6, 6.07) is 0. The minimum absolute atomic E-state index is 0.0293. The highest BCUT2D eigenvalue weighted by Gasteiger charge is 2.58. The lowest BCUT2D eigenvalue weighted by Crippen LogP contribution is -2.69. The maximum absolute atomic E-state index is 14.3. The van der Waals surface area contributed by atoms with E-state index in [1.807, 2.05) is 6.08 Å². The van der Waals surface area contributed by atoms with Gasteiger partial charge in [-0.1, -0.05) is 264 Å². The van der Waals surface area contributed by atoms with Gasteiger partial charge in [0.05, 0.1) is 13.2 Å². The Kier molecular flexibility index (Phi) is 49.5. The molecule has 0 bridgehead atoms. The summed E-state index contributed by atoms with van der Waals surface area (Å²) < 4.78 is 64.7. The molecule has 2 heterocycles. The third kappa shape index (κ3) is 37.4. The molecular weight excluding hydrogens is 1280 g/mol. The summed E-state index contributed by atoms with van der Waals surface area (Å²) >= 11 is 0. The van der Waals surface area contributed by atoms with Crippen molar-refractivity contribution in [1.29, 1.82) is 0 Å². The quantitative estimate of drug-likeness (QED) is 0.00673. The molecule has 18 atom stereocenters. The smallest absolute Gasteiger partial charge is 0.463 e. The van der Waals surface area contributed by atoms with E-state index in [2.05, 4.69) is 20.8 Å². The molecule has 568 valence electrons. The predicted molar refractivity (Wildman–Crippen MR) is 365 cm³/mol. The van der Waals surface area contributed by atoms with Gasteiger partial charge in [0.2, 0.25) is 0 Å². The molecule has 2 saturated heterocycles. The van der Waals surface area contributed by atoms with E-state index in [4.69, 9.17) is 42.2 Å². The molecule has 1 aliphatic carbocycles. The van der Waals surface area contributed by atoms with Crippen molar-refractivity contribution in [3.63, 3.8) is 0 Å². The molecule has 0 spiro atoms. The Morgan fingerprint density at radius 2 is 0.794 bits per heavy atom. The van der Waals surface area contributed by atoms with Crippen LogP contribution in [0, 0.1) is 0 Å². The van der Waals surface area contributed by atoms with Gasteiger partial charge in [0, 0.05) is 18.9 Å². The van der Waals surface area contributed by atoms with E-state index in [9.17, 15) is 74.9 Å². The monoisotopic (exact) mass is 1410 g/mol. The fraction of sp³-hybridized carbons (Fsp3) is 0.903. The van der Waals surface area contributed by atoms with Gasteiger partial charge in [0.1, 0.15) is 98.7 Å². The molecule has 24 nitrogen and oxygen atoms in total. The lowest BCUT2D eigenvalue weighted by Gasteiger charge is -2.49. The Morgan fingerprint density at radius 1 is 0.423 bits per heavy atom. The van der Waals surface area contributed by atoms with E-state index < -0.39 is 156 Å². The normalized spacial score (nSPS) is 27.9. The molecule has 2 aliphatic heterocycles. The second kappa shape index (κ2) is 54.1. The van der Waals surface area contributed by atoms with Gasteiger partial charge in [-0.25, -0.2) is 9.36 Å². The highest BCUT2D eigenvalue weighted by atomic mass is 31.2. The van der Waals surface area contributed by atoms with Crippen molar-refractivity contribution in [3.05, 3.63) is 24.3 Å². The summed E-state index contributed by atoms with van der Waals surface area (Å²) in [6.07, 6.45) is 14.7. The zero-order valence-corrected chi connectivity index (χ0v) is 60.0. The van der Waals surface area contributed by atoms with E-state index in [1.165, 1.54) is 154 Å². The van der Waals surface area contributed by atoms with Crippen LogP contribution in [0.15, 0.2) is 24.3 Å². The van der Waals surface area contributed by atoms with Crippen LogP contribution < -0.4 is 0 Å². The standard InChI is InChI=1S/C72H131O24P/c1-4-7-10-13-16-19-22-24-26-28-30-33-35-38-41-44-47-57(75)89-52-55-60(78)62(80)67(85)72(93-55)95-69-65(83)63(81)64(82)68(94-71-66(84)61(79)59(77)54(49-73)92-71)70(69)96-97(86,87)90-51-53(91-58(76)48-45-42-39-36-31-21-18-15-12-9-6-3)50-88-56(74)46-43-40-37-34-32-29-27-25-23-20-17-14-11-8-5-2/h37,40,43,46,53-55,59-73,77-85H,4-36,38-39,41-42,44-45,47-52H2,1-3H3,(H,86,87)/b40-37+,46-43+. The number of ether oxygens (including phenoxy) is 7. The van der Waals surface area contributed by atoms with Crippen molar-refractivity contribution in [2.75, 3.05) is 26.4 Å². The number of hydrogen-bond donors (Lipinski definition) is 11. The van der Waals surface area contributed by atoms with Crippen LogP contribution in [0.5, 0.6) is 0 Å². The van der Waals surface area contributed by atoms with Crippen LogP contribution in [0.4, 0.5) is 0 Å². The number of aliphatic hydroxyl groups excluding tert-OH is 10. The Labute approximate surface area is 579 Å². The van der Waals surface area contributed by atoms with Crippen LogP contribution in [-0.4, -0.2) is 204 Å². The summed E-state index contributed by atoms with van der Waals surface area (Å²) in [5, 5.41) is 110. The average Bonchev–Trinajstić information content (AvgIpc) is 0.763. The van der Waals surface area contributed by atoms with E-state index >= 15 is 0 Å². The second-order valence-electron chi connectivity index (χ2n) is 27.1. The highest BCUT2D eigenvalue weighted by molar-refractivity contribution is 7.47. The number of phosphoric ester groups is 1. The summed E-state index contributed by atoms with van der Waals surface area (Å²) in [4.78, 5) is 50.8. The van der Waals surface area contributed by atoms with Crippen LogP contribution in [-0.2, 0) is 61.2 Å². The largest absolute Gasteiger partial charge is 0.472 e. The summed E-state index contributed by atoms with van der Waals surface area (Å²) in [6.45, 7) is 3.32. The van der Waals surface area contributed by atoms with Gasteiger partial charge in [-0.05, 0) is 25.7 Å². The molecule has 0 radical (unpaired) electrons. The molecule has 0 aromatic rings. The molecule has 0 aromatic carbocycles. The number of hydrogen-bond acceptors (Lipinski definition) is 23. The average molecular weight is 1410 g/mol. The van der Waals surface area contributed by atoms with Gasteiger partial charge in [-0.2, -0.15) is 0 Å². The van der Waals surface area contributed by atoms with Gasteiger partial charge in [0.25, 0.3) is 0 Å². The molecule has 1 saturated carbocycles. The summed E-state index contributed by atoms with van der Waals surface area (Å²) in [5.74, 6) is -2.24. The SMILES string of the molecule is CCCCCCCCCCCCC/C=C/C=C/C(=O)OCC(COP(=O)(O)OC1C(OC2OC(CO)C(O)C(O)C2O)C(O)C(O)C(O)C1OC1OC(COC(=O)CCCCCCCCCCCCCCCCCC)C(O)C(O)C1O)OC(=O)CCCCCCCCCCCCC. The van der Waals surface area contributed by atoms with Crippen molar-refractivity contribution in [1.82, 2.24) is 0 Å². The van der Waals surface area contributed by atoms with Gasteiger partial charge >= 0.3 is 25.7 Å². The van der Waals surface area contributed by atoms with Gasteiger partial charge in [-0.3, -0.25) is 18.6 Å². The number of phosphoric acid groups is 1. The van der Waals surface area contributed by atoms with Crippen LogP contribution in [0.1, 0.15) is 284 Å². The molecule has 11 N–H and O–H groups in total. The Hall–Kier alpha value is -2.56. The van der Waals surface area contributed by atoms with Crippen molar-refractivity contribution >= 4 is 25.7 Å². The van der Waals surface area contributed by atoms with Gasteiger partial charge < -0.3 is 89.1 Å². The van der Waals surface area contributed by atoms with Crippen molar-refractivity contribution in [2.45, 2.75) is 388 Å². The molecule has 3 rings (SSSR count). The Morgan fingerprint density at radius 3 is 1.22 bits per heavy atom. The molecule has 3 aliphatic rings. The van der Waals surface area contributed by atoms with E-state index in [0.717, 1.165) is 96.0 Å². The molecular formula is C72H131O24P. The van der Waals surface area contributed by atoms with E-state index in [1.54, 1.807) is 6.08 Å². The molecule has 18 unspecified atom stereocenters. The number of esters is 3. The van der Waals surface area contributed by atoms with E-state index in [-0.39, 0.29) is 12.8 Å². The topological polar surface area (TPSA) is 374 Å². The fourth-order valence-corrected chi connectivity index (χ4v) is 13.4. The van der Waals surface area contributed by atoms with Crippen LogP contribution in [0.3, 0.4) is 0 Å².